The summed E-state index contributed by atoms with van der Waals surface area (Å²) >= 11 is 3.73. The van der Waals surface area contributed by atoms with E-state index in [0.717, 1.165) is 31.7 Å². The molecule has 1 fully saturated rings. The normalized spacial score (nSPS) is 26.9. The average molecular weight is 273 g/mol. The van der Waals surface area contributed by atoms with E-state index < -0.39 is 0 Å². The number of nitrogens with zero attached hydrogens (tertiary/aromatic N) is 2. The van der Waals surface area contributed by atoms with E-state index in [1.54, 1.807) is 0 Å². The van der Waals surface area contributed by atoms with Gasteiger partial charge in [0.2, 0.25) is 0 Å². The van der Waals surface area contributed by atoms with Crippen molar-refractivity contribution in [3.8, 4) is 0 Å². The highest BCUT2D eigenvalue weighted by Gasteiger charge is 2.24. The Kier molecular flexibility index (Phi) is 3.46. The van der Waals surface area contributed by atoms with Gasteiger partial charge in [-0.2, -0.15) is 5.10 Å². The first-order valence-electron chi connectivity index (χ1n) is 5.38. The van der Waals surface area contributed by atoms with Crippen LogP contribution in [0.4, 0.5) is 0 Å². The molecule has 84 valence electrons. The quantitative estimate of drug-likeness (QED) is 0.771. The molecule has 0 bridgehead atoms. The molecule has 1 saturated heterocycles. The monoisotopic (exact) mass is 272 g/mol. The Labute approximate surface area is 98.9 Å². The van der Waals surface area contributed by atoms with Crippen LogP contribution in [0.15, 0.2) is 6.07 Å². The molecule has 0 N–H and O–H groups in total. The zero-order chi connectivity index (χ0) is 10.8. The Morgan fingerprint density at radius 2 is 2.47 bits per heavy atom. The van der Waals surface area contributed by atoms with Crippen LogP contribution in [-0.2, 0) is 18.2 Å². The summed E-state index contributed by atoms with van der Waals surface area (Å²) in [5.41, 5.74) is 2.39. The molecule has 15 heavy (non-hydrogen) atoms. The summed E-state index contributed by atoms with van der Waals surface area (Å²) in [7, 11) is 2.01. The summed E-state index contributed by atoms with van der Waals surface area (Å²) in [5, 5.41) is 4.36. The number of halogens is 1. The fourth-order valence-corrected chi connectivity index (χ4v) is 2.61. The van der Waals surface area contributed by atoms with Gasteiger partial charge in [-0.3, -0.25) is 4.68 Å². The molecule has 1 aliphatic heterocycles. The van der Waals surface area contributed by atoms with Gasteiger partial charge in [-0.1, -0.05) is 15.9 Å². The van der Waals surface area contributed by atoms with Crippen LogP contribution in [0.3, 0.4) is 0 Å². The lowest BCUT2D eigenvalue weighted by molar-refractivity contribution is 0.0599. The van der Waals surface area contributed by atoms with E-state index in [4.69, 9.17) is 4.74 Å². The molecule has 0 amide bonds. The lowest BCUT2D eigenvalue weighted by atomic mass is 9.96. The molecule has 0 saturated carbocycles. The summed E-state index contributed by atoms with van der Waals surface area (Å²) in [6.45, 7) is 3.78. The zero-order valence-corrected chi connectivity index (χ0v) is 10.8. The molecule has 1 aliphatic rings. The standard InChI is InChI=1S/C11H17BrN2O/c1-8-5-10(14(2)13-8)6-9-7-15-4-3-11(9)12/h5,9,11H,3-4,6-7H2,1-2H3. The van der Waals surface area contributed by atoms with Crippen LogP contribution in [0.1, 0.15) is 17.8 Å². The van der Waals surface area contributed by atoms with E-state index in [0.29, 0.717) is 10.7 Å². The highest BCUT2D eigenvalue weighted by atomic mass is 79.9. The number of aromatic nitrogens is 2. The highest BCUT2D eigenvalue weighted by molar-refractivity contribution is 9.09. The third-order valence-electron chi connectivity index (χ3n) is 2.95. The number of ether oxygens (including phenoxy) is 1. The smallest absolute Gasteiger partial charge is 0.0596 e. The second kappa shape index (κ2) is 4.66. The molecule has 2 heterocycles. The van der Waals surface area contributed by atoms with Crippen molar-refractivity contribution in [2.24, 2.45) is 13.0 Å². The first kappa shape index (κ1) is 11.1. The number of alkyl halides is 1. The van der Waals surface area contributed by atoms with Crippen LogP contribution in [0.25, 0.3) is 0 Å². The number of rotatable bonds is 2. The number of hydrogen-bond acceptors (Lipinski definition) is 2. The SMILES string of the molecule is Cc1cc(CC2COCCC2Br)n(C)n1. The Bertz CT molecular complexity index is 337. The maximum absolute atomic E-state index is 5.51. The van der Waals surface area contributed by atoms with E-state index >= 15 is 0 Å². The van der Waals surface area contributed by atoms with Gasteiger partial charge < -0.3 is 4.74 Å². The van der Waals surface area contributed by atoms with Crippen molar-refractivity contribution in [2.75, 3.05) is 13.2 Å². The van der Waals surface area contributed by atoms with Crippen molar-refractivity contribution in [3.05, 3.63) is 17.5 Å². The summed E-state index contributed by atoms with van der Waals surface area (Å²) in [6, 6.07) is 2.16. The minimum atomic E-state index is 0.577. The number of hydrogen-bond donors (Lipinski definition) is 0. The molecule has 2 atom stereocenters. The lowest BCUT2D eigenvalue weighted by Gasteiger charge is -2.27. The van der Waals surface area contributed by atoms with E-state index in [-0.39, 0.29) is 0 Å². The maximum Gasteiger partial charge on any atom is 0.0596 e. The van der Waals surface area contributed by atoms with Crippen LogP contribution < -0.4 is 0 Å². The highest BCUT2D eigenvalue weighted by Crippen LogP contribution is 2.25. The van der Waals surface area contributed by atoms with Gasteiger partial charge in [-0.15, -0.1) is 0 Å². The molecular formula is C11H17BrN2O. The molecule has 0 aliphatic carbocycles. The van der Waals surface area contributed by atoms with Gasteiger partial charge in [-0.05, 0) is 25.8 Å². The molecule has 2 unspecified atom stereocenters. The molecule has 0 aromatic carbocycles. The second-order valence-electron chi connectivity index (χ2n) is 4.24. The van der Waals surface area contributed by atoms with E-state index in [2.05, 4.69) is 27.1 Å². The number of aryl methyl sites for hydroxylation is 2. The molecule has 4 heteroatoms. The van der Waals surface area contributed by atoms with Crippen molar-refractivity contribution < 1.29 is 4.74 Å². The average Bonchev–Trinajstić information content (AvgIpc) is 2.49. The Hall–Kier alpha value is -0.350. The molecule has 1 aromatic heterocycles. The van der Waals surface area contributed by atoms with Crippen molar-refractivity contribution in [1.29, 1.82) is 0 Å². The van der Waals surface area contributed by atoms with Crippen molar-refractivity contribution >= 4 is 15.9 Å². The van der Waals surface area contributed by atoms with Gasteiger partial charge in [-0.25, -0.2) is 0 Å². The van der Waals surface area contributed by atoms with Gasteiger partial charge in [0, 0.05) is 30.1 Å². The van der Waals surface area contributed by atoms with Crippen LogP contribution >= 0.6 is 15.9 Å². The molecule has 2 rings (SSSR count). The minimum absolute atomic E-state index is 0.577. The predicted octanol–water partition coefficient (Wildman–Crippen LogP) is 2.07. The summed E-state index contributed by atoms with van der Waals surface area (Å²) in [5.74, 6) is 0.577. The Morgan fingerprint density at radius 1 is 1.67 bits per heavy atom. The van der Waals surface area contributed by atoms with Crippen molar-refractivity contribution in [3.63, 3.8) is 0 Å². The van der Waals surface area contributed by atoms with E-state index in [1.807, 2.05) is 18.7 Å². The molecule has 3 nitrogen and oxygen atoms in total. The second-order valence-corrected chi connectivity index (χ2v) is 5.42. The van der Waals surface area contributed by atoms with Gasteiger partial charge in [0.05, 0.1) is 12.3 Å². The van der Waals surface area contributed by atoms with Crippen LogP contribution in [0, 0.1) is 12.8 Å². The summed E-state index contributed by atoms with van der Waals surface area (Å²) in [4.78, 5) is 0.585. The first-order chi connectivity index (χ1) is 7.16. The third-order valence-corrected chi connectivity index (χ3v) is 4.16. The largest absolute Gasteiger partial charge is 0.381 e. The van der Waals surface area contributed by atoms with Crippen LogP contribution in [-0.4, -0.2) is 27.8 Å². The zero-order valence-electron chi connectivity index (χ0n) is 9.24. The minimum Gasteiger partial charge on any atom is -0.381 e. The van der Waals surface area contributed by atoms with Crippen LogP contribution in [0.2, 0.25) is 0 Å². The van der Waals surface area contributed by atoms with Gasteiger partial charge in [0.15, 0.2) is 0 Å². The third kappa shape index (κ3) is 2.61. The predicted molar refractivity (Wildman–Crippen MR) is 63.3 cm³/mol. The van der Waals surface area contributed by atoms with Crippen molar-refractivity contribution in [2.45, 2.75) is 24.6 Å². The van der Waals surface area contributed by atoms with Gasteiger partial charge in [0.1, 0.15) is 0 Å². The summed E-state index contributed by atoms with van der Waals surface area (Å²) < 4.78 is 7.49. The van der Waals surface area contributed by atoms with Crippen molar-refractivity contribution in [1.82, 2.24) is 9.78 Å². The fraction of sp³-hybridized carbons (Fsp3) is 0.727. The first-order valence-corrected chi connectivity index (χ1v) is 6.29. The maximum atomic E-state index is 5.51. The molecule has 0 spiro atoms. The van der Waals surface area contributed by atoms with E-state index in [1.165, 1.54) is 5.69 Å². The molecule has 0 radical (unpaired) electrons. The fourth-order valence-electron chi connectivity index (χ4n) is 2.08. The molecule has 1 aromatic rings. The van der Waals surface area contributed by atoms with E-state index in [9.17, 15) is 0 Å². The summed E-state index contributed by atoms with van der Waals surface area (Å²) in [6.07, 6.45) is 2.16. The Balaban J connectivity index is 2.04. The molecular weight excluding hydrogens is 256 g/mol. The topological polar surface area (TPSA) is 27.1 Å². The lowest BCUT2D eigenvalue weighted by Crippen LogP contribution is -2.29. The Morgan fingerprint density at radius 3 is 3.07 bits per heavy atom. The van der Waals surface area contributed by atoms with Gasteiger partial charge >= 0.3 is 0 Å². The van der Waals surface area contributed by atoms with Gasteiger partial charge in [0.25, 0.3) is 0 Å². The van der Waals surface area contributed by atoms with Crippen LogP contribution in [0.5, 0.6) is 0 Å².